The van der Waals surface area contributed by atoms with E-state index in [0.29, 0.717) is 0 Å². The Hall–Kier alpha value is -0.890. The van der Waals surface area contributed by atoms with Crippen molar-refractivity contribution in [2.24, 2.45) is 17.8 Å². The molecule has 1 fully saturated rings. The molecular formula is C15H24N2. The van der Waals surface area contributed by atoms with Crippen LogP contribution in [-0.2, 0) is 6.42 Å². The van der Waals surface area contributed by atoms with Crippen LogP contribution in [0.5, 0.6) is 0 Å². The molecule has 1 saturated carbocycles. The smallest absolute Gasteiger partial charge is 0.0299 e. The van der Waals surface area contributed by atoms with Crippen LogP contribution < -0.4 is 5.32 Å². The van der Waals surface area contributed by atoms with E-state index >= 15 is 0 Å². The van der Waals surface area contributed by atoms with Gasteiger partial charge < -0.3 is 5.32 Å². The summed E-state index contributed by atoms with van der Waals surface area (Å²) in [4.78, 5) is 4.22. The zero-order valence-corrected chi connectivity index (χ0v) is 11.0. The molecule has 1 aromatic heterocycles. The molecule has 1 aromatic rings. The summed E-state index contributed by atoms with van der Waals surface area (Å²) in [6.07, 6.45) is 9.24. The van der Waals surface area contributed by atoms with Gasteiger partial charge >= 0.3 is 0 Å². The van der Waals surface area contributed by atoms with E-state index in [2.05, 4.69) is 36.4 Å². The zero-order chi connectivity index (χ0) is 12.1. The molecule has 0 saturated heterocycles. The number of pyridine rings is 1. The van der Waals surface area contributed by atoms with Crippen LogP contribution in [-0.4, -0.2) is 18.6 Å². The van der Waals surface area contributed by atoms with Crippen molar-refractivity contribution in [3.63, 3.8) is 0 Å². The van der Waals surface area contributed by atoms with Crippen LogP contribution >= 0.6 is 0 Å². The number of nitrogens with zero attached hydrogens (tertiary/aromatic N) is 1. The van der Waals surface area contributed by atoms with Gasteiger partial charge in [-0.2, -0.15) is 0 Å². The average Bonchev–Trinajstić information content (AvgIpc) is 2.34. The molecule has 17 heavy (non-hydrogen) atoms. The van der Waals surface area contributed by atoms with Crippen molar-refractivity contribution in [1.82, 2.24) is 10.3 Å². The van der Waals surface area contributed by atoms with Crippen molar-refractivity contribution in [2.45, 2.75) is 32.6 Å². The second kappa shape index (κ2) is 6.15. The van der Waals surface area contributed by atoms with Crippen LogP contribution in [0.2, 0.25) is 0 Å². The Labute approximate surface area is 105 Å². The van der Waals surface area contributed by atoms with Crippen molar-refractivity contribution in [1.29, 1.82) is 0 Å². The van der Waals surface area contributed by atoms with Gasteiger partial charge in [0.2, 0.25) is 0 Å². The van der Waals surface area contributed by atoms with Gasteiger partial charge in [0, 0.05) is 12.4 Å². The number of nitrogens with one attached hydrogen (secondary N) is 1. The first-order chi connectivity index (χ1) is 8.29. The molecule has 0 aromatic carbocycles. The van der Waals surface area contributed by atoms with Gasteiger partial charge in [-0.15, -0.1) is 0 Å². The SMILES string of the molecule is CNCC1CCC(C)CC1Cc1cccnc1. The molecule has 3 atom stereocenters. The summed E-state index contributed by atoms with van der Waals surface area (Å²) in [5.41, 5.74) is 1.40. The van der Waals surface area contributed by atoms with Crippen molar-refractivity contribution in [2.75, 3.05) is 13.6 Å². The molecule has 0 aliphatic heterocycles. The fourth-order valence-electron chi connectivity index (χ4n) is 3.16. The average molecular weight is 232 g/mol. The normalized spacial score (nSPS) is 29.2. The Balaban J connectivity index is 1.99. The number of hydrogen-bond donors (Lipinski definition) is 1. The Kier molecular flexibility index (Phi) is 4.55. The monoisotopic (exact) mass is 232 g/mol. The van der Waals surface area contributed by atoms with Crippen molar-refractivity contribution in [3.8, 4) is 0 Å². The highest BCUT2D eigenvalue weighted by molar-refractivity contribution is 5.10. The van der Waals surface area contributed by atoms with Gasteiger partial charge in [0.15, 0.2) is 0 Å². The molecule has 94 valence electrons. The van der Waals surface area contributed by atoms with Crippen molar-refractivity contribution >= 4 is 0 Å². The van der Waals surface area contributed by atoms with Gasteiger partial charge in [0.05, 0.1) is 0 Å². The largest absolute Gasteiger partial charge is 0.319 e. The van der Waals surface area contributed by atoms with Gasteiger partial charge in [-0.25, -0.2) is 0 Å². The molecule has 2 rings (SSSR count). The highest BCUT2D eigenvalue weighted by atomic mass is 14.8. The number of hydrogen-bond acceptors (Lipinski definition) is 2. The van der Waals surface area contributed by atoms with Crippen LogP contribution in [0.25, 0.3) is 0 Å². The topological polar surface area (TPSA) is 24.9 Å². The third-order valence-electron chi connectivity index (χ3n) is 4.09. The summed E-state index contributed by atoms with van der Waals surface area (Å²) in [5, 5.41) is 3.35. The van der Waals surface area contributed by atoms with Crippen molar-refractivity contribution < 1.29 is 0 Å². The van der Waals surface area contributed by atoms with E-state index in [9.17, 15) is 0 Å². The van der Waals surface area contributed by atoms with Gasteiger partial charge in [-0.05, 0) is 62.2 Å². The number of rotatable bonds is 4. The summed E-state index contributed by atoms with van der Waals surface area (Å²) >= 11 is 0. The maximum absolute atomic E-state index is 4.22. The minimum Gasteiger partial charge on any atom is -0.319 e. The first-order valence-corrected chi connectivity index (χ1v) is 6.83. The van der Waals surface area contributed by atoms with Gasteiger partial charge in [0.1, 0.15) is 0 Å². The summed E-state index contributed by atoms with van der Waals surface area (Å²) in [7, 11) is 2.07. The molecule has 1 aliphatic carbocycles. The first kappa shape index (κ1) is 12.6. The fraction of sp³-hybridized carbons (Fsp3) is 0.667. The Morgan fingerprint density at radius 2 is 2.24 bits per heavy atom. The fourth-order valence-corrected chi connectivity index (χ4v) is 3.16. The van der Waals surface area contributed by atoms with E-state index in [1.807, 2.05) is 12.4 Å². The van der Waals surface area contributed by atoms with Crippen LogP contribution in [0.4, 0.5) is 0 Å². The van der Waals surface area contributed by atoms with Gasteiger partial charge in [-0.1, -0.05) is 19.4 Å². The highest BCUT2D eigenvalue weighted by Crippen LogP contribution is 2.35. The molecule has 2 nitrogen and oxygen atoms in total. The summed E-state index contributed by atoms with van der Waals surface area (Å²) in [5.74, 6) is 2.57. The Bertz CT molecular complexity index is 323. The molecule has 0 amide bonds. The van der Waals surface area contributed by atoms with E-state index in [0.717, 1.165) is 24.3 Å². The Morgan fingerprint density at radius 1 is 1.35 bits per heavy atom. The molecule has 0 spiro atoms. The van der Waals surface area contributed by atoms with E-state index in [1.54, 1.807) is 0 Å². The molecule has 1 aliphatic rings. The predicted octanol–water partition coefficient (Wildman–Crippen LogP) is 2.90. The summed E-state index contributed by atoms with van der Waals surface area (Å²) in [6, 6.07) is 4.26. The highest BCUT2D eigenvalue weighted by Gasteiger charge is 2.28. The minimum atomic E-state index is 0.829. The van der Waals surface area contributed by atoms with E-state index < -0.39 is 0 Å². The molecule has 2 heteroatoms. The third-order valence-corrected chi connectivity index (χ3v) is 4.09. The lowest BCUT2D eigenvalue weighted by atomic mass is 9.72. The molecular weight excluding hydrogens is 208 g/mol. The minimum absolute atomic E-state index is 0.829. The second-order valence-electron chi connectivity index (χ2n) is 5.56. The van der Waals surface area contributed by atoms with Gasteiger partial charge in [-0.3, -0.25) is 4.98 Å². The lowest BCUT2D eigenvalue weighted by Crippen LogP contribution is -2.32. The van der Waals surface area contributed by atoms with E-state index in [4.69, 9.17) is 0 Å². The van der Waals surface area contributed by atoms with E-state index in [-0.39, 0.29) is 0 Å². The molecule has 0 bridgehead atoms. The quantitative estimate of drug-likeness (QED) is 0.863. The molecule has 1 N–H and O–H groups in total. The summed E-state index contributed by atoms with van der Waals surface area (Å²) in [6.45, 7) is 3.56. The van der Waals surface area contributed by atoms with E-state index in [1.165, 1.54) is 31.2 Å². The number of aromatic nitrogens is 1. The van der Waals surface area contributed by atoms with Crippen molar-refractivity contribution in [3.05, 3.63) is 30.1 Å². The molecule has 0 radical (unpaired) electrons. The zero-order valence-electron chi connectivity index (χ0n) is 11.0. The Morgan fingerprint density at radius 3 is 2.94 bits per heavy atom. The predicted molar refractivity (Wildman–Crippen MR) is 71.9 cm³/mol. The van der Waals surface area contributed by atoms with Gasteiger partial charge in [0.25, 0.3) is 0 Å². The second-order valence-corrected chi connectivity index (χ2v) is 5.56. The van der Waals surface area contributed by atoms with Crippen LogP contribution in [0.15, 0.2) is 24.5 Å². The first-order valence-electron chi connectivity index (χ1n) is 6.83. The summed E-state index contributed by atoms with van der Waals surface area (Å²) < 4.78 is 0. The lowest BCUT2D eigenvalue weighted by Gasteiger charge is -2.35. The third kappa shape index (κ3) is 3.53. The van der Waals surface area contributed by atoms with Crippen LogP contribution in [0.3, 0.4) is 0 Å². The maximum Gasteiger partial charge on any atom is 0.0299 e. The molecule has 3 unspecified atom stereocenters. The molecule has 1 heterocycles. The lowest BCUT2D eigenvalue weighted by molar-refractivity contribution is 0.186. The van der Waals surface area contributed by atoms with Crippen LogP contribution in [0, 0.1) is 17.8 Å². The maximum atomic E-state index is 4.22. The standard InChI is InChI=1S/C15H24N2/c1-12-5-6-14(11-16-2)15(8-12)9-13-4-3-7-17-10-13/h3-4,7,10,12,14-16H,5-6,8-9,11H2,1-2H3. The van der Waals surface area contributed by atoms with Crippen LogP contribution in [0.1, 0.15) is 31.7 Å².